The first-order valence-electron chi connectivity index (χ1n) is 18.8. The van der Waals surface area contributed by atoms with Crippen LogP contribution < -0.4 is 16.4 Å². The molecule has 3 heterocycles. The summed E-state index contributed by atoms with van der Waals surface area (Å²) in [7, 11) is -16.5. The number of aliphatic carboxylic acids is 1. The number of nitrogens with zero attached hydrogens (tertiary/aromatic N) is 4. The van der Waals surface area contributed by atoms with Gasteiger partial charge in [-0.05, 0) is 12.8 Å². The van der Waals surface area contributed by atoms with E-state index in [1.165, 1.54) is 13.8 Å². The average molecular weight is 968 g/mol. The van der Waals surface area contributed by atoms with Crippen molar-refractivity contribution in [3.63, 3.8) is 0 Å². The van der Waals surface area contributed by atoms with E-state index in [1.807, 2.05) is 0 Å². The highest BCUT2D eigenvalue weighted by Crippen LogP contribution is 2.61. The third-order valence-corrected chi connectivity index (χ3v) is 12.8. The molecule has 1 aliphatic heterocycles. The Morgan fingerprint density at radius 1 is 0.968 bits per heavy atom. The van der Waals surface area contributed by atoms with Gasteiger partial charge in [0.05, 0.1) is 25.6 Å². The fourth-order valence-corrected chi connectivity index (χ4v) is 9.23. The molecule has 8 unspecified atom stereocenters. The first kappa shape index (κ1) is 53.3. The summed E-state index contributed by atoms with van der Waals surface area (Å²) in [5.41, 5.74) is 4.21. The molecule has 0 spiro atoms. The molecule has 8 atom stereocenters. The highest BCUT2D eigenvalue weighted by atomic mass is 32.2. The third-order valence-electron chi connectivity index (χ3n) is 8.85. The normalized spacial score (nSPS) is 21.2. The van der Waals surface area contributed by atoms with Crippen LogP contribution in [0, 0.1) is 5.41 Å². The van der Waals surface area contributed by atoms with Crippen molar-refractivity contribution >= 4 is 75.1 Å². The second-order valence-electron chi connectivity index (χ2n) is 14.5. The summed E-state index contributed by atoms with van der Waals surface area (Å²) in [4.78, 5) is 98.4. The van der Waals surface area contributed by atoms with E-state index in [4.69, 9.17) is 24.6 Å². The maximum atomic E-state index is 12.7. The first-order chi connectivity index (χ1) is 28.8. The lowest BCUT2D eigenvalue weighted by Crippen LogP contribution is -2.46. The number of anilines is 1. The number of phosphoric ester groups is 3. The number of rotatable bonds is 28. The van der Waals surface area contributed by atoms with Gasteiger partial charge in [0, 0.05) is 43.5 Å². The minimum absolute atomic E-state index is 0.0191. The molecule has 352 valence electrons. The molecule has 2 aromatic rings. The number of fused-ring (bicyclic) bond motifs is 1. The zero-order chi connectivity index (χ0) is 46.5. The molecule has 2 aromatic heterocycles. The fraction of sp³-hybridized carbons (Fsp3) is 0.710. The molecule has 1 fully saturated rings. The van der Waals surface area contributed by atoms with Gasteiger partial charge in [-0.15, -0.1) is 0 Å². The van der Waals surface area contributed by atoms with Gasteiger partial charge in [-0.1, -0.05) is 44.9 Å². The Morgan fingerprint density at radius 2 is 1.65 bits per heavy atom. The Hall–Kier alpha value is -3.01. The summed E-state index contributed by atoms with van der Waals surface area (Å²) >= 11 is 0.924. The number of carboxylic acids is 1. The van der Waals surface area contributed by atoms with Crippen LogP contribution >= 0.6 is 35.2 Å². The molecule has 27 nitrogen and oxygen atoms in total. The van der Waals surface area contributed by atoms with Crippen LogP contribution in [0.4, 0.5) is 5.82 Å². The second kappa shape index (κ2) is 23.8. The number of ether oxygens (including phenoxy) is 1. The molecule has 1 saturated heterocycles. The van der Waals surface area contributed by atoms with Gasteiger partial charge in [0.15, 0.2) is 22.8 Å². The predicted octanol–water partition coefficient (Wildman–Crippen LogP) is -0.159. The third kappa shape index (κ3) is 17.9. The Balaban J connectivity index is 1.39. The summed E-state index contributed by atoms with van der Waals surface area (Å²) in [5, 5.41) is 44.8. The highest BCUT2D eigenvalue weighted by molar-refractivity contribution is 8.13. The highest BCUT2D eigenvalue weighted by Gasteiger charge is 2.50. The van der Waals surface area contributed by atoms with Gasteiger partial charge >= 0.3 is 29.4 Å². The Labute approximate surface area is 357 Å². The number of carbonyl (C=O) groups is 4. The molecular formula is C31H52N7O20P3S. The molecule has 3 rings (SSSR count). The Kier molecular flexibility index (Phi) is 20.5. The van der Waals surface area contributed by atoms with E-state index in [2.05, 4.69) is 34.4 Å². The molecule has 12 N–H and O–H groups in total. The van der Waals surface area contributed by atoms with Crippen molar-refractivity contribution < 1.29 is 95.5 Å². The smallest absolute Gasteiger partial charge is 0.481 e. The number of amides is 2. The minimum Gasteiger partial charge on any atom is -0.481 e. The first-order valence-corrected chi connectivity index (χ1v) is 24.3. The van der Waals surface area contributed by atoms with Crippen LogP contribution in [0.15, 0.2) is 12.7 Å². The number of hydrogen-bond acceptors (Lipinski definition) is 20. The molecule has 31 heteroatoms. The second-order valence-corrected chi connectivity index (χ2v) is 19.9. The lowest BCUT2D eigenvalue weighted by atomic mass is 9.87. The zero-order valence-electron chi connectivity index (χ0n) is 33.4. The molecule has 0 saturated carbocycles. The number of nitrogens with two attached hydrogens (primary N) is 1. The van der Waals surface area contributed by atoms with E-state index >= 15 is 0 Å². The molecule has 62 heavy (non-hydrogen) atoms. The van der Waals surface area contributed by atoms with Crippen molar-refractivity contribution in [1.29, 1.82) is 0 Å². The number of imidazole rings is 1. The number of aliphatic hydroxyl groups is 3. The van der Waals surface area contributed by atoms with Gasteiger partial charge in [0.2, 0.25) is 11.8 Å². The van der Waals surface area contributed by atoms with E-state index in [1.54, 1.807) is 0 Å². The number of phosphoric acid groups is 3. The van der Waals surface area contributed by atoms with Crippen molar-refractivity contribution in [2.75, 3.05) is 37.8 Å². The van der Waals surface area contributed by atoms with Crippen LogP contribution in [0.1, 0.15) is 71.4 Å². The maximum Gasteiger partial charge on any atom is 0.481 e. The Bertz CT molecular complexity index is 1990. The molecule has 2 amide bonds. The van der Waals surface area contributed by atoms with E-state index < -0.39 is 96.6 Å². The number of unbranched alkanes of at least 4 members (excludes halogenated alkanes) is 3. The number of carbonyl (C=O) groups excluding carboxylic acids is 3. The maximum absolute atomic E-state index is 12.7. The average Bonchev–Trinajstić information content (AvgIpc) is 3.72. The summed E-state index contributed by atoms with van der Waals surface area (Å²) in [5.74, 6) is -2.21. The number of aliphatic hydroxyl groups excluding tert-OH is 3. The molecule has 0 aliphatic carbocycles. The van der Waals surface area contributed by atoms with Crippen LogP contribution in [0.25, 0.3) is 11.2 Å². The molecule has 0 aromatic carbocycles. The van der Waals surface area contributed by atoms with Gasteiger partial charge in [-0.3, -0.25) is 37.3 Å². The van der Waals surface area contributed by atoms with Crippen molar-refractivity contribution in [3.05, 3.63) is 12.7 Å². The van der Waals surface area contributed by atoms with Gasteiger partial charge in [-0.2, -0.15) is 4.31 Å². The van der Waals surface area contributed by atoms with E-state index in [0.29, 0.717) is 25.7 Å². The molecular weight excluding hydrogens is 915 g/mol. The van der Waals surface area contributed by atoms with E-state index in [-0.39, 0.29) is 60.2 Å². The molecule has 0 bridgehead atoms. The lowest BCUT2D eigenvalue weighted by Gasteiger charge is -2.30. The van der Waals surface area contributed by atoms with Crippen molar-refractivity contribution in [1.82, 2.24) is 30.2 Å². The summed E-state index contributed by atoms with van der Waals surface area (Å²) in [6.45, 7) is 0.250. The number of nitrogens with one attached hydrogen (secondary N) is 2. The van der Waals surface area contributed by atoms with Crippen LogP contribution in [0.3, 0.4) is 0 Å². The number of nitrogen functional groups attached to an aromatic ring is 1. The number of hydrogen-bond donors (Lipinski definition) is 11. The monoisotopic (exact) mass is 967 g/mol. The summed E-state index contributed by atoms with van der Waals surface area (Å²) < 4.78 is 62.2. The van der Waals surface area contributed by atoms with Crippen LogP contribution in [0.5, 0.6) is 0 Å². The van der Waals surface area contributed by atoms with Crippen LogP contribution in [0.2, 0.25) is 0 Å². The lowest BCUT2D eigenvalue weighted by molar-refractivity contribution is -0.137. The topological polar surface area (TPSA) is 421 Å². The quantitative estimate of drug-likeness (QED) is 0.0390. The van der Waals surface area contributed by atoms with Crippen LogP contribution in [-0.4, -0.2) is 145 Å². The number of carboxylic acid groups (broad SMARTS) is 1. The SMILES string of the molecule is CC(C)(COP(=O)(O)OP(=O)(O)OCC1OC(n2cnc3c(N)ncnc32)C(O)C1OP(=O)(O)O)C(O)C(=O)NCCC(=O)NCCSC(=O)CC(O)CCCCCCC(=O)O. The summed E-state index contributed by atoms with van der Waals surface area (Å²) in [6, 6.07) is 0. The van der Waals surface area contributed by atoms with E-state index in [9.17, 15) is 67.8 Å². The van der Waals surface area contributed by atoms with Gasteiger partial charge in [0.1, 0.15) is 36.3 Å². The number of thioether (sulfide) groups is 1. The standard InChI is InChI=1S/C31H52N7O20P3S/c1-31(2,26(45)29(46)34-10-9-20(40)33-11-12-62-22(43)13-18(39)7-5-3-4-6-8-21(41)42)15-55-61(52,53)58-60(50,51)54-14-19-25(57-59(47,48)49)24(44)30(56-19)38-17-37-23-27(32)35-16-36-28(23)38/h16-19,24-26,30,39,44-45H,3-15H2,1-2H3,(H,33,40)(H,34,46)(H,41,42)(H,50,51)(H,52,53)(H2,32,35,36)(H2,47,48,49). The Morgan fingerprint density at radius 3 is 2.32 bits per heavy atom. The van der Waals surface area contributed by atoms with Crippen molar-refractivity contribution in [3.8, 4) is 0 Å². The fourth-order valence-electron chi connectivity index (χ4n) is 5.66. The van der Waals surface area contributed by atoms with Gasteiger partial charge in [-0.25, -0.2) is 28.6 Å². The zero-order valence-corrected chi connectivity index (χ0v) is 36.9. The molecule has 0 radical (unpaired) electrons. The predicted molar refractivity (Wildman–Crippen MR) is 213 cm³/mol. The van der Waals surface area contributed by atoms with E-state index in [0.717, 1.165) is 35.4 Å². The van der Waals surface area contributed by atoms with Crippen molar-refractivity contribution in [2.45, 2.75) is 102 Å². The minimum atomic E-state index is -5.60. The van der Waals surface area contributed by atoms with Crippen LogP contribution in [-0.2, 0) is 55.5 Å². The van der Waals surface area contributed by atoms with Gasteiger partial charge < -0.3 is 61.1 Å². The largest absolute Gasteiger partial charge is 0.481 e. The van der Waals surface area contributed by atoms with Crippen molar-refractivity contribution in [2.24, 2.45) is 5.41 Å². The van der Waals surface area contributed by atoms with Gasteiger partial charge in [0.25, 0.3) is 0 Å². The summed E-state index contributed by atoms with van der Waals surface area (Å²) in [6.07, 6.45) is -4.85. The number of aromatic nitrogens is 4. The molecule has 1 aliphatic rings.